The number of rotatable bonds is 4. The smallest absolute Gasteiger partial charge is 0.326 e. The number of hydrogen-bond donors (Lipinski definition) is 0. The van der Waals surface area contributed by atoms with Gasteiger partial charge in [-0.15, -0.1) is 4.31 Å². The Morgan fingerprint density at radius 1 is 1.09 bits per heavy atom. The number of carbonyl (C=O) groups excluding carboxylic acids is 1. The predicted molar refractivity (Wildman–Crippen MR) is 85.1 cm³/mol. The van der Waals surface area contributed by atoms with Crippen molar-refractivity contribution in [3.05, 3.63) is 65.7 Å². The molecule has 2 aromatic carbocycles. The number of sulfonamides is 1. The topological polar surface area (TPSA) is 63.7 Å². The second-order valence-electron chi connectivity index (χ2n) is 5.50. The van der Waals surface area contributed by atoms with Crippen LogP contribution in [0.2, 0.25) is 0 Å². The average molecular weight is 331 g/mol. The third-order valence-electron chi connectivity index (χ3n) is 3.85. The molecule has 3 rings (SSSR count). The minimum atomic E-state index is -3.77. The molecule has 0 N–H and O–H groups in total. The van der Waals surface area contributed by atoms with Gasteiger partial charge in [0.1, 0.15) is 6.04 Å². The lowest BCUT2D eigenvalue weighted by Crippen LogP contribution is -2.39. The molecule has 0 amide bonds. The number of carbonyl (C=O) groups is 1. The molecule has 6 heteroatoms. The van der Waals surface area contributed by atoms with Crippen LogP contribution >= 0.6 is 0 Å². The van der Waals surface area contributed by atoms with E-state index in [2.05, 4.69) is 0 Å². The van der Waals surface area contributed by atoms with Crippen molar-refractivity contribution in [2.24, 2.45) is 0 Å². The van der Waals surface area contributed by atoms with Gasteiger partial charge in [0.15, 0.2) is 6.73 Å². The van der Waals surface area contributed by atoms with E-state index in [0.717, 1.165) is 15.4 Å². The van der Waals surface area contributed by atoms with Gasteiger partial charge in [-0.3, -0.25) is 4.79 Å². The van der Waals surface area contributed by atoms with Gasteiger partial charge in [0, 0.05) is 0 Å². The zero-order chi connectivity index (χ0) is 16.4. The van der Waals surface area contributed by atoms with Crippen LogP contribution < -0.4 is 0 Å². The second-order valence-corrected chi connectivity index (χ2v) is 7.39. The SMILES string of the molecule is Cc1ccc(S(=O)(=O)N2COC(=O)[C@@H]2Cc2ccccc2)cc1. The van der Waals surface area contributed by atoms with E-state index >= 15 is 0 Å². The lowest BCUT2D eigenvalue weighted by molar-refractivity contribution is -0.139. The van der Waals surface area contributed by atoms with E-state index in [1.54, 1.807) is 24.3 Å². The van der Waals surface area contributed by atoms with Crippen LogP contribution in [0.3, 0.4) is 0 Å². The second kappa shape index (κ2) is 6.14. The highest BCUT2D eigenvalue weighted by atomic mass is 32.2. The molecule has 1 aliphatic rings. The van der Waals surface area contributed by atoms with Crippen LogP contribution in [0.4, 0.5) is 0 Å². The lowest BCUT2D eigenvalue weighted by atomic mass is 10.1. The molecular formula is C17H17NO4S. The third-order valence-corrected chi connectivity index (χ3v) is 5.70. The van der Waals surface area contributed by atoms with E-state index in [1.165, 1.54) is 0 Å². The molecule has 0 radical (unpaired) electrons. The molecule has 1 atom stereocenters. The summed E-state index contributed by atoms with van der Waals surface area (Å²) in [5.41, 5.74) is 1.86. The van der Waals surface area contributed by atoms with E-state index < -0.39 is 22.0 Å². The molecular weight excluding hydrogens is 314 g/mol. The first-order valence-corrected chi connectivity index (χ1v) is 8.71. The van der Waals surface area contributed by atoms with Gasteiger partial charge < -0.3 is 4.74 Å². The largest absolute Gasteiger partial charge is 0.447 e. The van der Waals surface area contributed by atoms with E-state index in [9.17, 15) is 13.2 Å². The van der Waals surface area contributed by atoms with Crippen molar-refractivity contribution in [1.29, 1.82) is 0 Å². The molecule has 120 valence electrons. The number of ether oxygens (including phenoxy) is 1. The van der Waals surface area contributed by atoms with Crippen molar-refractivity contribution in [2.75, 3.05) is 6.73 Å². The Labute approximate surface area is 135 Å². The zero-order valence-corrected chi connectivity index (χ0v) is 13.5. The van der Waals surface area contributed by atoms with Gasteiger partial charge in [0.25, 0.3) is 0 Å². The molecule has 1 fully saturated rings. The van der Waals surface area contributed by atoms with E-state index in [4.69, 9.17) is 4.74 Å². The van der Waals surface area contributed by atoms with Gasteiger partial charge in [0.2, 0.25) is 10.0 Å². The van der Waals surface area contributed by atoms with Gasteiger partial charge in [-0.1, -0.05) is 48.0 Å². The number of cyclic esters (lactones) is 1. The normalized spacial score (nSPS) is 18.8. The standard InChI is InChI=1S/C17H17NO4S/c1-13-7-9-15(10-8-13)23(20,21)18-12-22-17(19)16(18)11-14-5-3-2-4-6-14/h2-10,16H,11-12H2,1H3/t16-/m0/s1. The highest BCUT2D eigenvalue weighted by Gasteiger charge is 2.42. The molecule has 0 saturated carbocycles. The van der Waals surface area contributed by atoms with E-state index in [0.29, 0.717) is 6.42 Å². The van der Waals surface area contributed by atoms with Crippen molar-refractivity contribution in [2.45, 2.75) is 24.3 Å². The number of nitrogens with zero attached hydrogens (tertiary/aromatic N) is 1. The monoisotopic (exact) mass is 331 g/mol. The number of benzene rings is 2. The van der Waals surface area contributed by atoms with Crippen LogP contribution in [0.15, 0.2) is 59.5 Å². The maximum Gasteiger partial charge on any atom is 0.326 e. The van der Waals surface area contributed by atoms with Crippen molar-refractivity contribution in [1.82, 2.24) is 4.31 Å². The summed E-state index contributed by atoms with van der Waals surface area (Å²) in [5.74, 6) is -0.510. The Morgan fingerprint density at radius 3 is 2.39 bits per heavy atom. The first-order valence-electron chi connectivity index (χ1n) is 7.27. The Balaban J connectivity index is 1.90. The van der Waals surface area contributed by atoms with Gasteiger partial charge in [-0.2, -0.15) is 0 Å². The molecule has 5 nitrogen and oxygen atoms in total. The first-order chi connectivity index (χ1) is 11.0. The molecule has 1 saturated heterocycles. The molecule has 0 spiro atoms. The third kappa shape index (κ3) is 3.13. The Bertz CT molecular complexity index is 800. The van der Waals surface area contributed by atoms with Crippen molar-refractivity contribution in [3.8, 4) is 0 Å². The molecule has 0 bridgehead atoms. The molecule has 0 aliphatic carbocycles. The van der Waals surface area contributed by atoms with Crippen LogP contribution in [-0.4, -0.2) is 31.5 Å². The number of hydrogen-bond acceptors (Lipinski definition) is 4. The molecule has 0 aromatic heterocycles. The Hall–Kier alpha value is -2.18. The first kappa shape index (κ1) is 15.7. The quantitative estimate of drug-likeness (QED) is 0.805. The van der Waals surface area contributed by atoms with Crippen LogP contribution in [-0.2, 0) is 26.0 Å². The molecule has 2 aromatic rings. The summed E-state index contributed by atoms with van der Waals surface area (Å²) < 4.78 is 31.7. The molecule has 1 aliphatic heterocycles. The van der Waals surface area contributed by atoms with Gasteiger partial charge >= 0.3 is 5.97 Å². The van der Waals surface area contributed by atoms with Gasteiger partial charge in [-0.25, -0.2) is 8.42 Å². The van der Waals surface area contributed by atoms with Gasteiger partial charge in [0.05, 0.1) is 4.90 Å². The van der Waals surface area contributed by atoms with Crippen molar-refractivity contribution < 1.29 is 17.9 Å². The Morgan fingerprint density at radius 2 is 1.74 bits per heavy atom. The average Bonchev–Trinajstić information content (AvgIpc) is 2.90. The fraction of sp³-hybridized carbons (Fsp3) is 0.235. The van der Waals surface area contributed by atoms with Crippen LogP contribution in [0.5, 0.6) is 0 Å². The molecule has 1 heterocycles. The molecule has 0 unspecified atom stereocenters. The zero-order valence-electron chi connectivity index (χ0n) is 12.7. The van der Waals surface area contributed by atoms with Gasteiger partial charge in [-0.05, 0) is 31.0 Å². The van der Waals surface area contributed by atoms with E-state index in [-0.39, 0.29) is 11.6 Å². The number of aryl methyl sites for hydroxylation is 1. The van der Waals surface area contributed by atoms with Crippen LogP contribution in [0, 0.1) is 6.92 Å². The van der Waals surface area contributed by atoms with Crippen LogP contribution in [0.25, 0.3) is 0 Å². The van der Waals surface area contributed by atoms with E-state index in [1.807, 2.05) is 37.3 Å². The van der Waals surface area contributed by atoms with Crippen LogP contribution in [0.1, 0.15) is 11.1 Å². The summed E-state index contributed by atoms with van der Waals surface area (Å²) in [7, 11) is -3.77. The van der Waals surface area contributed by atoms with Crippen molar-refractivity contribution >= 4 is 16.0 Å². The fourth-order valence-corrected chi connectivity index (χ4v) is 3.97. The summed E-state index contributed by atoms with van der Waals surface area (Å²) in [6, 6.07) is 15.0. The minimum Gasteiger partial charge on any atom is -0.447 e. The number of esters is 1. The summed E-state index contributed by atoms with van der Waals surface area (Å²) in [6.45, 7) is 1.64. The summed E-state index contributed by atoms with van der Waals surface area (Å²) in [6.07, 6.45) is 0.296. The highest BCUT2D eigenvalue weighted by Crippen LogP contribution is 2.25. The maximum atomic E-state index is 12.8. The molecule has 23 heavy (non-hydrogen) atoms. The predicted octanol–water partition coefficient (Wildman–Crippen LogP) is 2.11. The summed E-state index contributed by atoms with van der Waals surface area (Å²) in [5, 5.41) is 0. The maximum absolute atomic E-state index is 12.8. The Kier molecular flexibility index (Phi) is 4.19. The highest BCUT2D eigenvalue weighted by molar-refractivity contribution is 7.89. The summed E-state index contributed by atoms with van der Waals surface area (Å²) in [4.78, 5) is 12.2. The fourth-order valence-electron chi connectivity index (χ4n) is 2.54. The summed E-state index contributed by atoms with van der Waals surface area (Å²) >= 11 is 0. The van der Waals surface area contributed by atoms with Crippen molar-refractivity contribution in [3.63, 3.8) is 0 Å². The lowest BCUT2D eigenvalue weighted by Gasteiger charge is -2.20. The minimum absolute atomic E-state index is 0.166.